The molecule has 0 saturated carbocycles. The minimum atomic E-state index is -0.472. The lowest BCUT2D eigenvalue weighted by atomic mass is 10.00. The van der Waals surface area contributed by atoms with Crippen LogP contribution in [0.4, 0.5) is 10.1 Å². The predicted molar refractivity (Wildman–Crippen MR) is 69.4 cm³/mol. The van der Waals surface area contributed by atoms with Crippen molar-refractivity contribution in [2.45, 2.75) is 45.2 Å². The summed E-state index contributed by atoms with van der Waals surface area (Å²) in [7, 11) is 0. The fourth-order valence-corrected chi connectivity index (χ4v) is 2.47. The Morgan fingerprint density at radius 3 is 2.56 bits per heavy atom. The molecular weight excluding hydrogens is 229 g/mol. The number of hydrogen-bond donors (Lipinski definition) is 1. The molecule has 1 saturated heterocycles. The minimum absolute atomic E-state index is 0.0836. The van der Waals surface area contributed by atoms with Crippen LogP contribution in [-0.2, 0) is 0 Å². The molecule has 0 aromatic heterocycles. The first kappa shape index (κ1) is 12.8. The van der Waals surface area contributed by atoms with E-state index >= 15 is 0 Å². The highest BCUT2D eigenvalue weighted by Crippen LogP contribution is 2.24. The molecule has 1 aromatic carbocycles. The van der Waals surface area contributed by atoms with Crippen LogP contribution in [0.15, 0.2) is 18.2 Å². The minimum Gasteiger partial charge on any atom is -0.318 e. The molecule has 0 spiro atoms. The number of hydrazine groups is 1. The van der Waals surface area contributed by atoms with E-state index in [1.54, 1.807) is 6.07 Å². The van der Waals surface area contributed by atoms with Crippen molar-refractivity contribution >= 4 is 5.69 Å². The van der Waals surface area contributed by atoms with Gasteiger partial charge in [0.05, 0.1) is 11.3 Å². The first-order chi connectivity index (χ1) is 8.61. The van der Waals surface area contributed by atoms with Crippen molar-refractivity contribution in [3.63, 3.8) is 0 Å². The van der Waals surface area contributed by atoms with Gasteiger partial charge in [-0.2, -0.15) is 5.26 Å². The maximum Gasteiger partial charge on any atom is 0.143 e. The van der Waals surface area contributed by atoms with Gasteiger partial charge in [-0.05, 0) is 44.9 Å². The van der Waals surface area contributed by atoms with Gasteiger partial charge in [0.1, 0.15) is 11.9 Å². The van der Waals surface area contributed by atoms with Crippen molar-refractivity contribution in [3.05, 3.63) is 29.6 Å². The first-order valence-electron chi connectivity index (χ1n) is 6.36. The maximum absolute atomic E-state index is 13.5. The van der Waals surface area contributed by atoms with Crippen LogP contribution in [0.5, 0.6) is 0 Å². The van der Waals surface area contributed by atoms with Gasteiger partial charge in [-0.3, -0.25) is 0 Å². The topological polar surface area (TPSA) is 39.1 Å². The zero-order valence-electron chi connectivity index (χ0n) is 10.8. The zero-order valence-corrected chi connectivity index (χ0v) is 10.8. The number of nitrogens with zero attached hydrogens (tertiary/aromatic N) is 2. The summed E-state index contributed by atoms with van der Waals surface area (Å²) in [5.41, 5.74) is 4.04. The summed E-state index contributed by atoms with van der Waals surface area (Å²) >= 11 is 0. The average Bonchev–Trinajstić information content (AvgIpc) is 2.34. The Balaban J connectivity index is 2.13. The number of halogens is 1. The van der Waals surface area contributed by atoms with Crippen molar-refractivity contribution in [2.75, 3.05) is 5.43 Å². The van der Waals surface area contributed by atoms with E-state index in [0.29, 0.717) is 17.8 Å². The van der Waals surface area contributed by atoms with Gasteiger partial charge < -0.3 is 5.43 Å². The summed E-state index contributed by atoms with van der Waals surface area (Å²) < 4.78 is 13.5. The molecule has 1 fully saturated rings. The molecule has 1 N–H and O–H groups in total. The predicted octanol–water partition coefficient (Wildman–Crippen LogP) is 3.29. The summed E-state index contributed by atoms with van der Waals surface area (Å²) in [5.74, 6) is -0.472. The number of hydrogen-bond acceptors (Lipinski definition) is 3. The molecule has 0 amide bonds. The number of nitrogens with one attached hydrogen (secondary N) is 1. The van der Waals surface area contributed by atoms with Gasteiger partial charge >= 0.3 is 0 Å². The van der Waals surface area contributed by atoms with E-state index in [1.165, 1.54) is 18.6 Å². The Kier molecular flexibility index (Phi) is 3.83. The summed E-state index contributed by atoms with van der Waals surface area (Å²) in [5, 5.41) is 10.9. The van der Waals surface area contributed by atoms with Crippen LogP contribution in [0.25, 0.3) is 0 Å². The smallest absolute Gasteiger partial charge is 0.143 e. The SMILES string of the molecule is CC1CCCC(C)N1Nc1ccc(C#N)c(F)c1. The van der Waals surface area contributed by atoms with Crippen molar-refractivity contribution in [1.82, 2.24) is 5.01 Å². The normalized spacial score (nSPS) is 24.6. The van der Waals surface area contributed by atoms with Crippen molar-refractivity contribution < 1.29 is 4.39 Å². The quantitative estimate of drug-likeness (QED) is 0.871. The van der Waals surface area contributed by atoms with Gasteiger partial charge in [-0.25, -0.2) is 9.40 Å². The van der Waals surface area contributed by atoms with E-state index in [9.17, 15) is 4.39 Å². The van der Waals surface area contributed by atoms with Crippen LogP contribution in [0.2, 0.25) is 0 Å². The second-order valence-electron chi connectivity index (χ2n) is 4.95. The fraction of sp³-hybridized carbons (Fsp3) is 0.500. The molecule has 1 aliphatic heterocycles. The number of anilines is 1. The van der Waals surface area contributed by atoms with E-state index in [4.69, 9.17) is 5.26 Å². The zero-order chi connectivity index (χ0) is 13.1. The van der Waals surface area contributed by atoms with Crippen LogP contribution < -0.4 is 5.43 Å². The van der Waals surface area contributed by atoms with Crippen molar-refractivity contribution in [2.24, 2.45) is 0 Å². The third kappa shape index (κ3) is 2.62. The fourth-order valence-electron chi connectivity index (χ4n) is 2.47. The largest absolute Gasteiger partial charge is 0.318 e. The molecule has 0 aliphatic carbocycles. The summed E-state index contributed by atoms with van der Waals surface area (Å²) in [4.78, 5) is 0. The van der Waals surface area contributed by atoms with E-state index < -0.39 is 5.82 Å². The van der Waals surface area contributed by atoms with Crippen LogP contribution in [-0.4, -0.2) is 17.1 Å². The monoisotopic (exact) mass is 247 g/mol. The second-order valence-corrected chi connectivity index (χ2v) is 4.95. The van der Waals surface area contributed by atoms with Crippen molar-refractivity contribution in [1.29, 1.82) is 5.26 Å². The van der Waals surface area contributed by atoms with E-state index in [-0.39, 0.29) is 5.56 Å². The molecule has 2 unspecified atom stereocenters. The lowest BCUT2D eigenvalue weighted by Gasteiger charge is -2.39. The van der Waals surface area contributed by atoms with Gasteiger partial charge in [0.2, 0.25) is 0 Å². The lowest BCUT2D eigenvalue weighted by Crippen LogP contribution is -2.47. The third-order valence-electron chi connectivity index (χ3n) is 3.54. The molecule has 1 aromatic rings. The Morgan fingerprint density at radius 2 is 2.00 bits per heavy atom. The number of benzene rings is 1. The molecule has 2 atom stereocenters. The highest BCUT2D eigenvalue weighted by molar-refractivity contribution is 5.47. The Labute approximate surface area is 107 Å². The average molecular weight is 247 g/mol. The van der Waals surface area contributed by atoms with E-state index in [0.717, 1.165) is 12.8 Å². The van der Waals surface area contributed by atoms with Crippen LogP contribution in [0.3, 0.4) is 0 Å². The first-order valence-corrected chi connectivity index (χ1v) is 6.36. The molecule has 0 bridgehead atoms. The highest BCUT2D eigenvalue weighted by Gasteiger charge is 2.24. The molecule has 4 heteroatoms. The Morgan fingerprint density at radius 1 is 1.33 bits per heavy atom. The molecular formula is C14H18FN3. The summed E-state index contributed by atoms with van der Waals surface area (Å²) in [6.07, 6.45) is 3.54. The lowest BCUT2D eigenvalue weighted by molar-refractivity contribution is 0.135. The number of piperidine rings is 1. The number of rotatable bonds is 2. The summed E-state index contributed by atoms with van der Waals surface area (Å²) in [6, 6.07) is 7.34. The number of nitriles is 1. The van der Waals surface area contributed by atoms with Crippen LogP contribution in [0.1, 0.15) is 38.7 Å². The van der Waals surface area contributed by atoms with Gasteiger partial charge in [-0.1, -0.05) is 6.42 Å². The molecule has 18 heavy (non-hydrogen) atoms. The van der Waals surface area contributed by atoms with Crippen molar-refractivity contribution in [3.8, 4) is 6.07 Å². The maximum atomic E-state index is 13.5. The molecule has 2 rings (SSSR count). The van der Waals surface area contributed by atoms with E-state index in [1.807, 2.05) is 6.07 Å². The molecule has 1 aliphatic rings. The van der Waals surface area contributed by atoms with E-state index in [2.05, 4.69) is 24.3 Å². The van der Waals surface area contributed by atoms with Gasteiger partial charge in [0, 0.05) is 12.1 Å². The van der Waals surface area contributed by atoms with Crippen LogP contribution >= 0.6 is 0 Å². The Hall–Kier alpha value is -1.60. The van der Waals surface area contributed by atoms with Gasteiger partial charge in [0.25, 0.3) is 0 Å². The van der Waals surface area contributed by atoms with Crippen LogP contribution in [0, 0.1) is 17.1 Å². The highest BCUT2D eigenvalue weighted by atomic mass is 19.1. The molecule has 3 nitrogen and oxygen atoms in total. The summed E-state index contributed by atoms with van der Waals surface area (Å²) in [6.45, 7) is 4.34. The van der Waals surface area contributed by atoms with Gasteiger partial charge in [0.15, 0.2) is 0 Å². The standard InChI is InChI=1S/C14H18FN3/c1-10-4-3-5-11(2)18(10)17-13-7-6-12(9-16)14(15)8-13/h6-8,10-11,17H,3-5H2,1-2H3. The molecule has 96 valence electrons. The molecule has 1 heterocycles. The van der Waals surface area contributed by atoms with Gasteiger partial charge in [-0.15, -0.1) is 0 Å². The third-order valence-corrected chi connectivity index (χ3v) is 3.54. The molecule has 0 radical (unpaired) electrons. The second kappa shape index (κ2) is 5.36. The Bertz CT molecular complexity index is 457.